The van der Waals surface area contributed by atoms with Gasteiger partial charge in [0.25, 0.3) is 5.91 Å². The molecule has 0 spiro atoms. The number of nitrogens with one attached hydrogen (secondary N) is 1. The molecule has 0 radical (unpaired) electrons. The Morgan fingerprint density at radius 1 is 0.828 bits per heavy atom. The van der Waals surface area contributed by atoms with Gasteiger partial charge in [-0.05, 0) is 54.1 Å². The van der Waals surface area contributed by atoms with Crippen LogP contribution in [0.5, 0.6) is 0 Å². The molecule has 0 fully saturated rings. The van der Waals surface area contributed by atoms with Gasteiger partial charge in [-0.15, -0.1) is 11.8 Å². The Balaban J connectivity index is 1.46. The van der Waals surface area contributed by atoms with Crippen molar-refractivity contribution in [3.05, 3.63) is 96.1 Å². The molecule has 0 heterocycles. The second kappa shape index (κ2) is 10.3. The summed E-state index contributed by atoms with van der Waals surface area (Å²) in [7, 11) is -3.39. The number of thioether (sulfide) groups is 1. The second-order valence-corrected chi connectivity index (χ2v) is 9.70. The smallest absolute Gasteiger partial charge is 0.251 e. The van der Waals surface area contributed by atoms with Crippen LogP contribution in [-0.2, 0) is 15.6 Å². The monoisotopic (exact) mass is 425 g/mol. The lowest BCUT2D eigenvalue weighted by Crippen LogP contribution is -2.24. The standard InChI is InChI=1S/C23H23NO3S2/c25-23(24-16-7-17-28-21-8-3-1-4-9-21)20-14-12-19(13-15-20)18-29(26,27)22-10-5-2-6-11-22/h1-6,8-15H,7,16-18H2,(H,24,25). The molecule has 3 aromatic rings. The minimum Gasteiger partial charge on any atom is -0.352 e. The number of hydrogen-bond donors (Lipinski definition) is 1. The van der Waals surface area contributed by atoms with E-state index in [9.17, 15) is 13.2 Å². The molecule has 1 N–H and O–H groups in total. The van der Waals surface area contributed by atoms with E-state index in [4.69, 9.17) is 0 Å². The number of amides is 1. The molecule has 0 aromatic heterocycles. The predicted octanol–water partition coefficient (Wildman–Crippen LogP) is 4.57. The first-order valence-electron chi connectivity index (χ1n) is 9.37. The number of carbonyl (C=O) groups is 1. The van der Waals surface area contributed by atoms with Crippen LogP contribution < -0.4 is 5.32 Å². The number of benzene rings is 3. The number of sulfone groups is 1. The SMILES string of the molecule is O=C(NCCCSc1ccccc1)c1ccc(CS(=O)(=O)c2ccccc2)cc1. The maximum atomic E-state index is 12.4. The number of carbonyl (C=O) groups excluding carboxylic acids is 1. The van der Waals surface area contributed by atoms with Gasteiger partial charge in [-0.2, -0.15) is 0 Å². The molecule has 3 rings (SSSR count). The third-order valence-corrected chi connectivity index (χ3v) is 7.10. The van der Waals surface area contributed by atoms with Crippen molar-refractivity contribution >= 4 is 27.5 Å². The van der Waals surface area contributed by atoms with Crippen molar-refractivity contribution in [2.75, 3.05) is 12.3 Å². The van der Waals surface area contributed by atoms with Gasteiger partial charge >= 0.3 is 0 Å². The number of hydrogen-bond acceptors (Lipinski definition) is 4. The third-order valence-electron chi connectivity index (χ3n) is 4.29. The quantitative estimate of drug-likeness (QED) is 0.403. The summed E-state index contributed by atoms with van der Waals surface area (Å²) in [5, 5.41) is 2.91. The van der Waals surface area contributed by atoms with E-state index in [0.29, 0.717) is 22.6 Å². The summed E-state index contributed by atoms with van der Waals surface area (Å²) >= 11 is 1.77. The average Bonchev–Trinajstić information content (AvgIpc) is 2.75. The van der Waals surface area contributed by atoms with Crippen molar-refractivity contribution in [1.29, 1.82) is 0 Å². The van der Waals surface area contributed by atoms with Crippen LogP contribution >= 0.6 is 11.8 Å². The van der Waals surface area contributed by atoms with E-state index in [1.54, 1.807) is 66.4 Å². The van der Waals surface area contributed by atoms with Gasteiger partial charge in [0.05, 0.1) is 10.6 Å². The van der Waals surface area contributed by atoms with E-state index in [2.05, 4.69) is 17.4 Å². The van der Waals surface area contributed by atoms with Crippen molar-refractivity contribution in [3.63, 3.8) is 0 Å². The Morgan fingerprint density at radius 2 is 1.45 bits per heavy atom. The normalized spacial score (nSPS) is 11.2. The molecule has 0 atom stereocenters. The summed E-state index contributed by atoms with van der Waals surface area (Å²) < 4.78 is 24.9. The molecule has 3 aromatic carbocycles. The lowest BCUT2D eigenvalue weighted by molar-refractivity contribution is 0.0954. The summed E-state index contributed by atoms with van der Waals surface area (Å²) in [6.07, 6.45) is 0.874. The van der Waals surface area contributed by atoms with Crippen molar-refractivity contribution in [1.82, 2.24) is 5.32 Å². The first kappa shape index (κ1) is 21.1. The molecule has 0 bridgehead atoms. The van der Waals surface area contributed by atoms with Crippen LogP contribution in [0.1, 0.15) is 22.3 Å². The highest BCUT2D eigenvalue weighted by molar-refractivity contribution is 7.99. The van der Waals surface area contributed by atoms with Gasteiger partial charge in [-0.25, -0.2) is 8.42 Å². The van der Waals surface area contributed by atoms with Gasteiger partial charge in [-0.1, -0.05) is 48.5 Å². The maximum Gasteiger partial charge on any atom is 0.251 e. The molecule has 29 heavy (non-hydrogen) atoms. The van der Waals surface area contributed by atoms with Crippen LogP contribution in [0.25, 0.3) is 0 Å². The lowest BCUT2D eigenvalue weighted by Gasteiger charge is -2.07. The Labute approximate surface area is 176 Å². The van der Waals surface area contributed by atoms with Gasteiger partial charge in [0.1, 0.15) is 0 Å². The summed E-state index contributed by atoms with van der Waals surface area (Å²) in [5.41, 5.74) is 1.19. The molecule has 0 unspecified atom stereocenters. The van der Waals surface area contributed by atoms with Crippen LogP contribution in [0.15, 0.2) is 94.7 Å². The van der Waals surface area contributed by atoms with Crippen molar-refractivity contribution in [2.45, 2.75) is 22.0 Å². The summed E-state index contributed by atoms with van der Waals surface area (Å²) in [6.45, 7) is 0.600. The van der Waals surface area contributed by atoms with E-state index in [1.807, 2.05) is 18.2 Å². The fourth-order valence-electron chi connectivity index (χ4n) is 2.77. The number of rotatable bonds is 9. The third kappa shape index (κ3) is 6.48. The zero-order valence-corrected chi connectivity index (χ0v) is 17.6. The molecule has 150 valence electrons. The topological polar surface area (TPSA) is 63.2 Å². The Kier molecular flexibility index (Phi) is 7.49. The molecule has 6 heteroatoms. The van der Waals surface area contributed by atoms with Crippen molar-refractivity contribution in [3.8, 4) is 0 Å². The highest BCUT2D eigenvalue weighted by atomic mass is 32.2. The molecule has 0 aliphatic rings. The van der Waals surface area contributed by atoms with Crippen LogP contribution in [0.3, 0.4) is 0 Å². The Morgan fingerprint density at radius 3 is 2.10 bits per heavy atom. The Hall–Kier alpha value is -2.57. The first-order valence-corrected chi connectivity index (χ1v) is 12.0. The molecule has 0 aliphatic heterocycles. The zero-order valence-electron chi connectivity index (χ0n) is 16.0. The highest BCUT2D eigenvalue weighted by Crippen LogP contribution is 2.18. The molecule has 1 amide bonds. The second-order valence-electron chi connectivity index (χ2n) is 6.54. The maximum absolute atomic E-state index is 12.4. The van der Waals surface area contributed by atoms with Crippen molar-refractivity contribution < 1.29 is 13.2 Å². The molecular weight excluding hydrogens is 402 g/mol. The first-order chi connectivity index (χ1) is 14.0. The van der Waals surface area contributed by atoms with Crippen LogP contribution in [0.2, 0.25) is 0 Å². The average molecular weight is 426 g/mol. The molecule has 0 saturated carbocycles. The molecule has 4 nitrogen and oxygen atoms in total. The van der Waals surface area contributed by atoms with E-state index in [0.717, 1.165) is 12.2 Å². The van der Waals surface area contributed by atoms with Gasteiger partial charge in [0, 0.05) is 17.0 Å². The molecule has 0 saturated heterocycles. The zero-order chi connectivity index (χ0) is 20.5. The summed E-state index contributed by atoms with van der Waals surface area (Å²) in [4.78, 5) is 13.8. The van der Waals surface area contributed by atoms with Gasteiger partial charge in [0.15, 0.2) is 9.84 Å². The van der Waals surface area contributed by atoms with E-state index < -0.39 is 9.84 Å². The lowest BCUT2D eigenvalue weighted by atomic mass is 10.1. The van der Waals surface area contributed by atoms with Gasteiger partial charge < -0.3 is 5.32 Å². The minimum absolute atomic E-state index is 0.0877. The largest absolute Gasteiger partial charge is 0.352 e. The Bertz CT molecular complexity index is 1020. The minimum atomic E-state index is -3.39. The molecule has 0 aliphatic carbocycles. The predicted molar refractivity (Wildman–Crippen MR) is 118 cm³/mol. The van der Waals surface area contributed by atoms with E-state index >= 15 is 0 Å². The van der Waals surface area contributed by atoms with Gasteiger partial charge in [-0.3, -0.25) is 4.79 Å². The van der Waals surface area contributed by atoms with Crippen LogP contribution in [0.4, 0.5) is 0 Å². The van der Waals surface area contributed by atoms with Gasteiger partial charge in [0.2, 0.25) is 0 Å². The highest BCUT2D eigenvalue weighted by Gasteiger charge is 2.15. The van der Waals surface area contributed by atoms with Crippen molar-refractivity contribution in [2.24, 2.45) is 0 Å². The van der Waals surface area contributed by atoms with Crippen LogP contribution in [0, 0.1) is 0 Å². The fraction of sp³-hybridized carbons (Fsp3) is 0.174. The fourth-order valence-corrected chi connectivity index (χ4v) is 5.01. The van der Waals surface area contributed by atoms with Crippen LogP contribution in [-0.4, -0.2) is 26.6 Å². The van der Waals surface area contributed by atoms with E-state index in [1.165, 1.54) is 4.90 Å². The van der Waals surface area contributed by atoms with E-state index in [-0.39, 0.29) is 11.7 Å². The summed E-state index contributed by atoms with van der Waals surface area (Å²) in [6, 6.07) is 25.3. The molecular formula is C23H23NO3S2. The summed E-state index contributed by atoms with van der Waals surface area (Å²) in [5.74, 6) is 0.697.